The van der Waals surface area contributed by atoms with Crippen LogP contribution in [0.2, 0.25) is 0 Å². The van der Waals surface area contributed by atoms with Crippen LogP contribution in [-0.4, -0.2) is 32.9 Å². The van der Waals surface area contributed by atoms with E-state index >= 15 is 0 Å². The maximum atomic E-state index is 4.45. The second-order valence-electron chi connectivity index (χ2n) is 5.89. The standard InChI is InChI=1S/C20H23N5/c1-3-10-23-19(7-1)16-25(17-20-8-2-4-11-24-20)13-12-22-15-18-6-5-9-21-14-18/h1-11,14,22H,12-13,15-17H2. The minimum Gasteiger partial charge on any atom is -0.311 e. The third-order valence-electron chi connectivity index (χ3n) is 3.88. The molecule has 25 heavy (non-hydrogen) atoms. The van der Waals surface area contributed by atoms with Gasteiger partial charge in [-0.3, -0.25) is 19.9 Å². The van der Waals surface area contributed by atoms with Gasteiger partial charge in [-0.05, 0) is 35.9 Å². The fraction of sp³-hybridized carbons (Fsp3) is 0.250. The summed E-state index contributed by atoms with van der Waals surface area (Å²) in [6.45, 7) is 4.27. The Labute approximate surface area is 148 Å². The molecule has 0 amide bonds. The quantitative estimate of drug-likeness (QED) is 0.610. The van der Waals surface area contributed by atoms with Crippen LogP contribution in [0.3, 0.4) is 0 Å². The average molecular weight is 333 g/mol. The topological polar surface area (TPSA) is 53.9 Å². The van der Waals surface area contributed by atoms with Gasteiger partial charge < -0.3 is 5.32 Å². The van der Waals surface area contributed by atoms with Crippen molar-refractivity contribution in [2.24, 2.45) is 0 Å². The average Bonchev–Trinajstić information content (AvgIpc) is 2.67. The molecule has 0 atom stereocenters. The van der Waals surface area contributed by atoms with E-state index in [1.165, 1.54) is 5.56 Å². The first-order valence-electron chi connectivity index (χ1n) is 8.52. The summed E-state index contributed by atoms with van der Waals surface area (Å²) in [7, 11) is 0. The molecule has 0 saturated heterocycles. The van der Waals surface area contributed by atoms with E-state index in [0.717, 1.165) is 44.1 Å². The molecule has 0 fully saturated rings. The molecular formula is C20H23N5. The summed E-state index contributed by atoms with van der Waals surface area (Å²) < 4.78 is 0. The largest absolute Gasteiger partial charge is 0.311 e. The van der Waals surface area contributed by atoms with Gasteiger partial charge in [0.05, 0.1) is 11.4 Å². The Hall–Kier alpha value is -2.63. The minimum absolute atomic E-state index is 0.811. The van der Waals surface area contributed by atoms with Gasteiger partial charge in [0, 0.05) is 57.5 Å². The Kier molecular flexibility index (Phi) is 6.61. The van der Waals surface area contributed by atoms with Gasteiger partial charge in [0.25, 0.3) is 0 Å². The van der Waals surface area contributed by atoms with E-state index in [1.54, 1.807) is 6.20 Å². The summed E-state index contributed by atoms with van der Waals surface area (Å²) in [6.07, 6.45) is 7.38. The molecule has 0 saturated carbocycles. The van der Waals surface area contributed by atoms with Crippen molar-refractivity contribution in [2.45, 2.75) is 19.6 Å². The van der Waals surface area contributed by atoms with Gasteiger partial charge in [-0.25, -0.2) is 0 Å². The lowest BCUT2D eigenvalue weighted by Crippen LogP contribution is -2.31. The number of rotatable bonds is 9. The van der Waals surface area contributed by atoms with Crippen molar-refractivity contribution in [2.75, 3.05) is 13.1 Å². The Balaban J connectivity index is 1.54. The first-order chi connectivity index (χ1) is 12.4. The molecule has 3 aromatic heterocycles. The number of hydrogen-bond acceptors (Lipinski definition) is 5. The molecular weight excluding hydrogens is 310 g/mol. The van der Waals surface area contributed by atoms with Gasteiger partial charge >= 0.3 is 0 Å². The maximum Gasteiger partial charge on any atom is 0.0544 e. The number of hydrogen-bond donors (Lipinski definition) is 1. The van der Waals surface area contributed by atoms with Gasteiger partial charge in [0.15, 0.2) is 0 Å². The molecule has 0 radical (unpaired) electrons. The van der Waals surface area contributed by atoms with Crippen LogP contribution in [0.15, 0.2) is 73.3 Å². The predicted molar refractivity (Wildman–Crippen MR) is 98.5 cm³/mol. The van der Waals surface area contributed by atoms with Crippen LogP contribution in [0.25, 0.3) is 0 Å². The summed E-state index contributed by atoms with van der Waals surface area (Å²) in [5, 5.41) is 3.48. The Morgan fingerprint density at radius 1 is 0.800 bits per heavy atom. The van der Waals surface area contributed by atoms with Crippen LogP contribution in [-0.2, 0) is 19.6 Å². The van der Waals surface area contributed by atoms with Crippen molar-refractivity contribution < 1.29 is 0 Å². The Bertz CT molecular complexity index is 677. The van der Waals surface area contributed by atoms with Gasteiger partial charge in [0.1, 0.15) is 0 Å². The Morgan fingerprint density at radius 3 is 2.08 bits per heavy atom. The van der Waals surface area contributed by atoms with Crippen LogP contribution in [0, 0.1) is 0 Å². The van der Waals surface area contributed by atoms with Crippen LogP contribution in [0.4, 0.5) is 0 Å². The first-order valence-corrected chi connectivity index (χ1v) is 8.52. The van der Waals surface area contributed by atoms with Gasteiger partial charge in [-0.15, -0.1) is 0 Å². The fourth-order valence-corrected chi connectivity index (χ4v) is 2.63. The fourth-order valence-electron chi connectivity index (χ4n) is 2.63. The highest BCUT2D eigenvalue weighted by Crippen LogP contribution is 2.06. The van der Waals surface area contributed by atoms with Gasteiger partial charge in [0.2, 0.25) is 0 Å². The van der Waals surface area contributed by atoms with Crippen LogP contribution in [0.1, 0.15) is 17.0 Å². The molecule has 5 nitrogen and oxygen atoms in total. The minimum atomic E-state index is 0.811. The highest BCUT2D eigenvalue weighted by molar-refractivity contribution is 5.08. The summed E-state index contributed by atoms with van der Waals surface area (Å²) in [6, 6.07) is 16.1. The van der Waals surface area contributed by atoms with Crippen LogP contribution >= 0.6 is 0 Å². The maximum absolute atomic E-state index is 4.45. The lowest BCUT2D eigenvalue weighted by molar-refractivity contribution is 0.250. The summed E-state index contributed by atoms with van der Waals surface area (Å²) >= 11 is 0. The second-order valence-corrected chi connectivity index (χ2v) is 5.89. The van der Waals surface area contributed by atoms with Crippen molar-refractivity contribution in [1.82, 2.24) is 25.2 Å². The summed E-state index contributed by atoms with van der Waals surface area (Å²) in [5.41, 5.74) is 3.35. The molecule has 0 unspecified atom stereocenters. The van der Waals surface area contributed by atoms with E-state index in [4.69, 9.17) is 0 Å². The highest BCUT2D eigenvalue weighted by Gasteiger charge is 2.08. The molecule has 0 aliphatic carbocycles. The van der Waals surface area contributed by atoms with Crippen molar-refractivity contribution in [1.29, 1.82) is 0 Å². The third kappa shape index (κ3) is 6.06. The molecule has 128 valence electrons. The molecule has 0 bridgehead atoms. The zero-order valence-corrected chi connectivity index (χ0v) is 14.3. The van der Waals surface area contributed by atoms with E-state index in [2.05, 4.69) is 43.4 Å². The number of aromatic nitrogens is 3. The number of nitrogens with zero attached hydrogens (tertiary/aromatic N) is 4. The van der Waals surface area contributed by atoms with E-state index in [-0.39, 0.29) is 0 Å². The molecule has 0 aliphatic heterocycles. The Morgan fingerprint density at radius 2 is 1.52 bits per heavy atom. The van der Waals surface area contributed by atoms with Crippen molar-refractivity contribution in [3.8, 4) is 0 Å². The van der Waals surface area contributed by atoms with Gasteiger partial charge in [-0.2, -0.15) is 0 Å². The zero-order valence-electron chi connectivity index (χ0n) is 14.3. The van der Waals surface area contributed by atoms with Crippen LogP contribution < -0.4 is 5.32 Å². The van der Waals surface area contributed by atoms with Crippen LogP contribution in [0.5, 0.6) is 0 Å². The van der Waals surface area contributed by atoms with E-state index in [0.29, 0.717) is 0 Å². The van der Waals surface area contributed by atoms with Crippen molar-refractivity contribution >= 4 is 0 Å². The van der Waals surface area contributed by atoms with E-state index in [1.807, 2.05) is 48.9 Å². The number of nitrogens with one attached hydrogen (secondary N) is 1. The monoisotopic (exact) mass is 333 g/mol. The second kappa shape index (κ2) is 9.61. The molecule has 3 heterocycles. The van der Waals surface area contributed by atoms with E-state index < -0.39 is 0 Å². The molecule has 1 N–H and O–H groups in total. The smallest absolute Gasteiger partial charge is 0.0544 e. The normalized spacial score (nSPS) is 10.9. The SMILES string of the molecule is c1ccc(CN(CCNCc2cccnc2)Cc2ccccn2)nc1. The lowest BCUT2D eigenvalue weighted by Gasteiger charge is -2.22. The third-order valence-corrected chi connectivity index (χ3v) is 3.88. The predicted octanol–water partition coefficient (Wildman–Crippen LogP) is 2.66. The molecule has 3 rings (SSSR count). The molecule has 3 aromatic rings. The lowest BCUT2D eigenvalue weighted by atomic mass is 10.2. The molecule has 5 heteroatoms. The zero-order chi connectivity index (χ0) is 17.2. The highest BCUT2D eigenvalue weighted by atomic mass is 15.1. The molecule has 0 aliphatic rings. The first kappa shape index (κ1) is 17.2. The number of pyridine rings is 3. The summed E-state index contributed by atoms with van der Waals surface area (Å²) in [4.78, 5) is 15.4. The van der Waals surface area contributed by atoms with Gasteiger partial charge in [-0.1, -0.05) is 18.2 Å². The van der Waals surface area contributed by atoms with Crippen molar-refractivity contribution in [3.05, 3.63) is 90.3 Å². The van der Waals surface area contributed by atoms with Crippen molar-refractivity contribution in [3.63, 3.8) is 0 Å². The van der Waals surface area contributed by atoms with E-state index in [9.17, 15) is 0 Å². The summed E-state index contributed by atoms with van der Waals surface area (Å²) in [5.74, 6) is 0. The molecule has 0 aromatic carbocycles. The molecule has 0 spiro atoms.